The number of carbonyl (C=O) groups excluding carboxylic acids is 7. The highest BCUT2D eigenvalue weighted by atomic mass is 16.6. The zero-order valence-corrected chi connectivity index (χ0v) is 30.1. The van der Waals surface area contributed by atoms with E-state index >= 15 is 0 Å². The van der Waals surface area contributed by atoms with E-state index in [1.54, 1.807) is 52.0 Å². The van der Waals surface area contributed by atoms with Gasteiger partial charge in [-0.1, -0.05) is 58.0 Å². The van der Waals surface area contributed by atoms with E-state index in [4.69, 9.17) is 28.4 Å². The third-order valence-electron chi connectivity index (χ3n) is 8.68. The summed E-state index contributed by atoms with van der Waals surface area (Å²) >= 11 is 0. The Labute approximate surface area is 291 Å². The molecule has 2 aliphatic carbocycles. The molecule has 0 spiro atoms. The highest BCUT2D eigenvalue weighted by Crippen LogP contribution is 2.49. The van der Waals surface area contributed by atoms with Crippen LogP contribution in [0.25, 0.3) is 0 Å². The SMILES string of the molecule is CC(=O)O[C@@H]1[C@@H](OC(C)=O)C(C)(C)/C=C/[C@H](C)C(=O)[C@@]2(OC(C)=O)C[C@@H](C)[C@H](OC(=O)c3ccccc3)/C2=C\[C@](C)(OC(C)=O)[C@@H]1OC(C)=O. The summed E-state index contributed by atoms with van der Waals surface area (Å²) in [5.41, 5.74) is -5.31. The van der Waals surface area contributed by atoms with Crippen LogP contribution in [0.4, 0.5) is 0 Å². The standard InChI is InChI=1S/C37H46O13/c1-20-16-17-35(8,9)32(46-23(4)39)30(45-22(3)38)33(47-24(5)40)36(10,49-25(6)41)19-28-29(48-34(44)27-14-12-11-13-15-27)21(2)18-37(28,31(20)43)50-26(7)42/h11-17,19-21,29-30,32-33H,18H2,1-10H3/b17-16+,28-19+/t20-,21+,29-,30+,32+,33+,36-,37+/m0/s1. The van der Waals surface area contributed by atoms with E-state index < -0.39 is 94.5 Å². The zero-order chi connectivity index (χ0) is 37.8. The summed E-state index contributed by atoms with van der Waals surface area (Å²) in [6, 6.07) is 8.07. The Morgan fingerprint density at radius 1 is 0.700 bits per heavy atom. The number of esters is 6. The zero-order valence-electron chi connectivity index (χ0n) is 30.1. The first-order valence-electron chi connectivity index (χ1n) is 16.3. The van der Waals surface area contributed by atoms with Crippen LogP contribution < -0.4 is 0 Å². The summed E-state index contributed by atoms with van der Waals surface area (Å²) in [6.45, 7) is 13.4. The van der Waals surface area contributed by atoms with Gasteiger partial charge in [0.1, 0.15) is 6.10 Å². The molecule has 0 aliphatic heterocycles. The molecule has 13 nitrogen and oxygen atoms in total. The Balaban J connectivity index is 2.53. The molecule has 1 saturated carbocycles. The lowest BCUT2D eigenvalue weighted by molar-refractivity contribution is -0.213. The quantitative estimate of drug-likeness (QED) is 0.223. The molecule has 0 heterocycles. The van der Waals surface area contributed by atoms with Crippen molar-refractivity contribution in [1.29, 1.82) is 0 Å². The van der Waals surface area contributed by atoms with Gasteiger partial charge in [0.25, 0.3) is 0 Å². The van der Waals surface area contributed by atoms with Crippen LogP contribution in [-0.2, 0) is 57.2 Å². The third kappa shape index (κ3) is 8.85. The molecule has 1 fully saturated rings. The molecule has 1 aromatic rings. The minimum atomic E-state index is -2.15. The van der Waals surface area contributed by atoms with Crippen LogP contribution in [0.3, 0.4) is 0 Å². The van der Waals surface area contributed by atoms with E-state index in [0.29, 0.717) is 0 Å². The molecule has 0 N–H and O–H groups in total. The molecule has 1 aromatic carbocycles. The van der Waals surface area contributed by atoms with Crippen molar-refractivity contribution in [1.82, 2.24) is 0 Å². The number of ketones is 1. The molecule has 8 atom stereocenters. The van der Waals surface area contributed by atoms with Gasteiger partial charge in [-0.15, -0.1) is 0 Å². The Bertz CT molecular complexity index is 1570. The number of ether oxygens (including phenoxy) is 6. The van der Waals surface area contributed by atoms with E-state index in [9.17, 15) is 33.6 Å². The Morgan fingerprint density at radius 2 is 1.24 bits per heavy atom. The van der Waals surface area contributed by atoms with Gasteiger partial charge in [0, 0.05) is 63.9 Å². The fraction of sp³-hybridized carbons (Fsp3) is 0.541. The molecule has 0 bridgehead atoms. The van der Waals surface area contributed by atoms with Gasteiger partial charge in [-0.2, -0.15) is 0 Å². The monoisotopic (exact) mass is 698 g/mol. The van der Waals surface area contributed by atoms with Crippen LogP contribution >= 0.6 is 0 Å². The number of benzene rings is 1. The molecule has 272 valence electrons. The predicted octanol–water partition coefficient (Wildman–Crippen LogP) is 4.40. The van der Waals surface area contributed by atoms with E-state index in [2.05, 4.69) is 0 Å². The summed E-state index contributed by atoms with van der Waals surface area (Å²) < 4.78 is 35.2. The Hall–Kier alpha value is -4.81. The van der Waals surface area contributed by atoms with Gasteiger partial charge in [0.2, 0.25) is 0 Å². The lowest BCUT2D eigenvalue weighted by Crippen LogP contribution is -2.60. The summed E-state index contributed by atoms with van der Waals surface area (Å²) in [5, 5.41) is 0. The smallest absolute Gasteiger partial charge is 0.338 e. The topological polar surface area (TPSA) is 175 Å². The second kappa shape index (κ2) is 15.4. The van der Waals surface area contributed by atoms with Crippen molar-refractivity contribution in [3.63, 3.8) is 0 Å². The van der Waals surface area contributed by atoms with Crippen LogP contribution in [0.2, 0.25) is 0 Å². The van der Waals surface area contributed by atoms with Gasteiger partial charge in [-0.05, 0) is 25.1 Å². The maximum atomic E-state index is 14.7. The van der Waals surface area contributed by atoms with Crippen molar-refractivity contribution in [2.24, 2.45) is 17.3 Å². The summed E-state index contributed by atoms with van der Waals surface area (Å²) in [6.07, 6.45) is -1.78. The predicted molar refractivity (Wildman–Crippen MR) is 176 cm³/mol. The Kier molecular flexibility index (Phi) is 12.2. The van der Waals surface area contributed by atoms with Crippen molar-refractivity contribution >= 4 is 41.6 Å². The molecule has 0 unspecified atom stereocenters. The van der Waals surface area contributed by atoms with Crippen LogP contribution in [-0.4, -0.2) is 77.2 Å². The minimum absolute atomic E-state index is 0.0684. The number of hydrogen-bond acceptors (Lipinski definition) is 13. The lowest BCUT2D eigenvalue weighted by Gasteiger charge is -2.45. The fourth-order valence-electron chi connectivity index (χ4n) is 6.70. The normalized spacial score (nSPS) is 32.3. The second-order valence-electron chi connectivity index (χ2n) is 13.6. The van der Waals surface area contributed by atoms with Crippen molar-refractivity contribution in [3.8, 4) is 0 Å². The van der Waals surface area contributed by atoms with E-state index in [1.807, 2.05) is 0 Å². The van der Waals surface area contributed by atoms with E-state index in [-0.39, 0.29) is 17.6 Å². The summed E-state index contributed by atoms with van der Waals surface area (Å²) in [4.78, 5) is 91.9. The molecule has 0 amide bonds. The highest BCUT2D eigenvalue weighted by Gasteiger charge is 2.61. The van der Waals surface area contributed by atoms with Gasteiger partial charge >= 0.3 is 35.8 Å². The van der Waals surface area contributed by atoms with Gasteiger partial charge in [0.05, 0.1) is 5.56 Å². The number of hydrogen-bond donors (Lipinski definition) is 0. The summed E-state index contributed by atoms with van der Waals surface area (Å²) in [7, 11) is 0. The first-order chi connectivity index (χ1) is 23.1. The van der Waals surface area contributed by atoms with Crippen LogP contribution in [0.1, 0.15) is 86.0 Å². The van der Waals surface area contributed by atoms with Crippen molar-refractivity contribution < 1.29 is 62.0 Å². The van der Waals surface area contributed by atoms with Gasteiger partial charge in [-0.3, -0.25) is 28.8 Å². The largest absolute Gasteiger partial charge is 0.458 e. The molecule has 0 aromatic heterocycles. The van der Waals surface area contributed by atoms with Crippen molar-refractivity contribution in [3.05, 3.63) is 59.7 Å². The molecule has 0 saturated heterocycles. The van der Waals surface area contributed by atoms with Crippen LogP contribution in [0, 0.1) is 17.3 Å². The fourth-order valence-corrected chi connectivity index (χ4v) is 6.70. The molecular weight excluding hydrogens is 652 g/mol. The number of allylic oxidation sites excluding steroid dienone is 1. The molecular formula is C37H46O13. The van der Waals surface area contributed by atoms with Gasteiger partial charge in [0.15, 0.2) is 35.3 Å². The lowest BCUT2D eigenvalue weighted by atomic mass is 9.74. The summed E-state index contributed by atoms with van der Waals surface area (Å²) in [5.74, 6) is -7.19. The average Bonchev–Trinajstić information content (AvgIpc) is 3.24. The molecule has 2 aliphatic rings. The first-order valence-corrected chi connectivity index (χ1v) is 16.3. The second-order valence-corrected chi connectivity index (χ2v) is 13.6. The number of carbonyl (C=O) groups is 7. The maximum Gasteiger partial charge on any atom is 0.338 e. The highest BCUT2D eigenvalue weighted by molar-refractivity contribution is 5.97. The van der Waals surface area contributed by atoms with Crippen molar-refractivity contribution in [2.45, 2.75) is 111 Å². The minimum Gasteiger partial charge on any atom is -0.458 e. The van der Waals surface area contributed by atoms with E-state index in [1.165, 1.54) is 31.2 Å². The van der Waals surface area contributed by atoms with Gasteiger partial charge < -0.3 is 28.4 Å². The number of fused-ring (bicyclic) bond motifs is 1. The molecule has 0 radical (unpaired) electrons. The van der Waals surface area contributed by atoms with Crippen LogP contribution in [0.15, 0.2) is 54.1 Å². The molecule has 13 heteroatoms. The third-order valence-corrected chi connectivity index (χ3v) is 8.68. The molecule has 50 heavy (non-hydrogen) atoms. The van der Waals surface area contributed by atoms with E-state index in [0.717, 1.165) is 34.6 Å². The molecule has 3 rings (SSSR count). The number of rotatable bonds is 7. The van der Waals surface area contributed by atoms with Gasteiger partial charge in [-0.25, -0.2) is 4.79 Å². The number of Topliss-reactive ketones (excluding diaryl/α,β-unsaturated/α-hetero) is 1. The Morgan fingerprint density at radius 3 is 1.76 bits per heavy atom. The first kappa shape index (κ1) is 39.6. The van der Waals surface area contributed by atoms with Crippen LogP contribution in [0.5, 0.6) is 0 Å². The maximum absolute atomic E-state index is 14.7. The average molecular weight is 699 g/mol. The van der Waals surface area contributed by atoms with Crippen molar-refractivity contribution in [2.75, 3.05) is 0 Å².